The number of aliphatic hydroxyl groups excluding tert-OH is 1. The summed E-state index contributed by atoms with van der Waals surface area (Å²) in [6, 6.07) is 5.72. The number of benzene rings is 1. The molecule has 0 unspecified atom stereocenters. The highest BCUT2D eigenvalue weighted by atomic mass is 127. The third-order valence-corrected chi connectivity index (χ3v) is 2.68. The minimum Gasteiger partial charge on any atom is -0.399 e. The fourth-order valence-electron chi connectivity index (χ4n) is 1.10. The molecule has 0 saturated carbocycles. The monoisotopic (exact) mass is 322 g/mol. The standard InChI is InChI=1S/C10H15IN2O2/c11-9-7-8(12)1-2-10(9)13-3-5-15-6-4-14/h1-2,7,13-14H,3-6,12H2. The Morgan fingerprint density at radius 3 is 2.87 bits per heavy atom. The Hall–Kier alpha value is -0.530. The van der Waals surface area contributed by atoms with Crippen LogP contribution in [0.15, 0.2) is 18.2 Å². The van der Waals surface area contributed by atoms with Crippen LogP contribution in [0.5, 0.6) is 0 Å². The lowest BCUT2D eigenvalue weighted by Gasteiger charge is -2.09. The van der Waals surface area contributed by atoms with Crippen molar-refractivity contribution in [3.63, 3.8) is 0 Å². The summed E-state index contributed by atoms with van der Waals surface area (Å²) in [5, 5.41) is 11.7. The van der Waals surface area contributed by atoms with E-state index in [1.54, 1.807) is 0 Å². The number of halogens is 1. The Morgan fingerprint density at radius 1 is 1.40 bits per heavy atom. The predicted octanol–water partition coefficient (Wildman–Crippen LogP) is 1.29. The molecule has 1 rings (SSSR count). The van der Waals surface area contributed by atoms with Gasteiger partial charge in [-0.2, -0.15) is 0 Å². The van der Waals surface area contributed by atoms with Crippen LogP contribution in [-0.4, -0.2) is 31.5 Å². The normalized spacial score (nSPS) is 10.3. The molecule has 84 valence electrons. The van der Waals surface area contributed by atoms with E-state index < -0.39 is 0 Å². The number of aliphatic hydroxyl groups is 1. The summed E-state index contributed by atoms with van der Waals surface area (Å²) in [7, 11) is 0. The molecule has 1 aromatic carbocycles. The molecule has 0 atom stereocenters. The van der Waals surface area contributed by atoms with E-state index in [1.807, 2.05) is 18.2 Å². The van der Waals surface area contributed by atoms with Crippen molar-refractivity contribution < 1.29 is 9.84 Å². The molecule has 0 amide bonds. The smallest absolute Gasteiger partial charge is 0.0698 e. The van der Waals surface area contributed by atoms with Gasteiger partial charge in [0.05, 0.1) is 19.8 Å². The van der Waals surface area contributed by atoms with Gasteiger partial charge in [0, 0.05) is 21.5 Å². The molecule has 0 aliphatic carbocycles. The van der Waals surface area contributed by atoms with Crippen molar-refractivity contribution in [1.82, 2.24) is 0 Å². The zero-order valence-electron chi connectivity index (χ0n) is 8.37. The van der Waals surface area contributed by atoms with Gasteiger partial charge in [-0.3, -0.25) is 0 Å². The SMILES string of the molecule is Nc1ccc(NCCOCCO)c(I)c1. The van der Waals surface area contributed by atoms with Gasteiger partial charge in [-0.15, -0.1) is 0 Å². The average molecular weight is 322 g/mol. The van der Waals surface area contributed by atoms with E-state index in [-0.39, 0.29) is 6.61 Å². The summed E-state index contributed by atoms with van der Waals surface area (Å²) in [5.74, 6) is 0. The maximum absolute atomic E-state index is 8.50. The summed E-state index contributed by atoms with van der Waals surface area (Å²) in [4.78, 5) is 0. The van der Waals surface area contributed by atoms with E-state index in [0.29, 0.717) is 13.2 Å². The molecule has 0 aromatic heterocycles. The van der Waals surface area contributed by atoms with Gasteiger partial charge >= 0.3 is 0 Å². The van der Waals surface area contributed by atoms with Crippen LogP contribution >= 0.6 is 22.6 Å². The number of hydrogen-bond donors (Lipinski definition) is 3. The molecule has 0 fully saturated rings. The quantitative estimate of drug-likeness (QED) is 0.419. The van der Waals surface area contributed by atoms with Gasteiger partial charge in [0.2, 0.25) is 0 Å². The van der Waals surface area contributed by atoms with Gasteiger partial charge in [-0.05, 0) is 40.8 Å². The zero-order valence-corrected chi connectivity index (χ0v) is 10.5. The van der Waals surface area contributed by atoms with Crippen molar-refractivity contribution in [2.45, 2.75) is 0 Å². The molecular weight excluding hydrogens is 307 g/mol. The summed E-state index contributed by atoms with van der Waals surface area (Å²) >= 11 is 2.23. The number of nitrogens with one attached hydrogen (secondary N) is 1. The first kappa shape index (κ1) is 12.5. The van der Waals surface area contributed by atoms with Gasteiger partial charge in [-0.25, -0.2) is 0 Å². The molecule has 4 N–H and O–H groups in total. The molecule has 0 heterocycles. The molecule has 0 bridgehead atoms. The van der Waals surface area contributed by atoms with Crippen molar-refractivity contribution in [3.8, 4) is 0 Å². The van der Waals surface area contributed by atoms with Crippen LogP contribution in [0.4, 0.5) is 11.4 Å². The Balaban J connectivity index is 2.31. The molecule has 15 heavy (non-hydrogen) atoms. The van der Waals surface area contributed by atoms with Crippen LogP contribution in [0.3, 0.4) is 0 Å². The van der Waals surface area contributed by atoms with E-state index in [0.717, 1.165) is 21.5 Å². The Bertz CT molecular complexity index is 307. The van der Waals surface area contributed by atoms with Gasteiger partial charge in [0.15, 0.2) is 0 Å². The minimum absolute atomic E-state index is 0.0689. The third-order valence-electron chi connectivity index (χ3n) is 1.79. The largest absolute Gasteiger partial charge is 0.399 e. The van der Waals surface area contributed by atoms with E-state index in [4.69, 9.17) is 15.6 Å². The lowest BCUT2D eigenvalue weighted by atomic mass is 10.3. The average Bonchev–Trinajstić information content (AvgIpc) is 2.20. The second-order valence-corrected chi connectivity index (χ2v) is 4.16. The third kappa shape index (κ3) is 4.67. The van der Waals surface area contributed by atoms with Crippen LogP contribution in [0.2, 0.25) is 0 Å². The minimum atomic E-state index is 0.0689. The molecule has 0 spiro atoms. The van der Waals surface area contributed by atoms with E-state index in [9.17, 15) is 0 Å². The van der Waals surface area contributed by atoms with Gasteiger partial charge < -0.3 is 20.9 Å². The fraction of sp³-hybridized carbons (Fsp3) is 0.400. The Kier molecular flexibility index (Phi) is 5.74. The van der Waals surface area contributed by atoms with Crippen molar-refractivity contribution in [1.29, 1.82) is 0 Å². The van der Waals surface area contributed by atoms with E-state index in [1.165, 1.54) is 0 Å². The molecule has 0 radical (unpaired) electrons. The molecule has 1 aromatic rings. The van der Waals surface area contributed by atoms with E-state index in [2.05, 4.69) is 27.9 Å². The first-order valence-electron chi connectivity index (χ1n) is 4.71. The molecule has 4 nitrogen and oxygen atoms in total. The van der Waals surface area contributed by atoms with Crippen molar-refractivity contribution >= 4 is 34.0 Å². The van der Waals surface area contributed by atoms with E-state index >= 15 is 0 Å². The second kappa shape index (κ2) is 6.86. The number of hydrogen-bond acceptors (Lipinski definition) is 4. The summed E-state index contributed by atoms with van der Waals surface area (Å²) < 4.78 is 6.22. The first-order valence-corrected chi connectivity index (χ1v) is 5.79. The lowest BCUT2D eigenvalue weighted by Crippen LogP contribution is -2.12. The summed E-state index contributed by atoms with van der Waals surface area (Å²) in [5.41, 5.74) is 7.46. The van der Waals surface area contributed by atoms with Crippen molar-refractivity contribution in [3.05, 3.63) is 21.8 Å². The Morgan fingerprint density at radius 2 is 2.20 bits per heavy atom. The van der Waals surface area contributed by atoms with Gasteiger partial charge in [0.1, 0.15) is 0 Å². The molecule has 0 aliphatic rings. The predicted molar refractivity (Wildman–Crippen MR) is 70.0 cm³/mol. The van der Waals surface area contributed by atoms with Crippen LogP contribution in [0.25, 0.3) is 0 Å². The second-order valence-electron chi connectivity index (χ2n) is 3.00. The number of rotatable bonds is 6. The zero-order chi connectivity index (χ0) is 11.1. The lowest BCUT2D eigenvalue weighted by molar-refractivity contribution is 0.0992. The van der Waals surface area contributed by atoms with Crippen LogP contribution in [-0.2, 0) is 4.74 Å². The number of ether oxygens (including phenoxy) is 1. The highest BCUT2D eigenvalue weighted by Gasteiger charge is 1.98. The summed E-state index contributed by atoms with van der Waals surface area (Å²) in [6.45, 7) is 1.76. The molecule has 0 aliphatic heterocycles. The topological polar surface area (TPSA) is 67.5 Å². The van der Waals surface area contributed by atoms with Crippen molar-refractivity contribution in [2.75, 3.05) is 37.4 Å². The number of nitrogens with two attached hydrogens (primary N) is 1. The van der Waals surface area contributed by atoms with Gasteiger partial charge in [0.25, 0.3) is 0 Å². The maximum Gasteiger partial charge on any atom is 0.0698 e. The highest BCUT2D eigenvalue weighted by Crippen LogP contribution is 2.20. The van der Waals surface area contributed by atoms with Crippen LogP contribution < -0.4 is 11.1 Å². The number of anilines is 2. The van der Waals surface area contributed by atoms with Crippen LogP contribution in [0, 0.1) is 3.57 Å². The molecule has 0 saturated heterocycles. The molecular formula is C10H15IN2O2. The van der Waals surface area contributed by atoms with Gasteiger partial charge in [-0.1, -0.05) is 0 Å². The number of nitrogen functional groups attached to an aromatic ring is 1. The first-order chi connectivity index (χ1) is 7.24. The highest BCUT2D eigenvalue weighted by molar-refractivity contribution is 14.1. The summed E-state index contributed by atoms with van der Waals surface area (Å²) in [6.07, 6.45) is 0. The molecule has 5 heteroatoms. The fourth-order valence-corrected chi connectivity index (χ4v) is 1.83. The van der Waals surface area contributed by atoms with Crippen LogP contribution in [0.1, 0.15) is 0 Å². The Labute approximate surface area is 103 Å². The van der Waals surface area contributed by atoms with Crippen molar-refractivity contribution in [2.24, 2.45) is 0 Å². The maximum atomic E-state index is 8.50.